The Morgan fingerprint density at radius 3 is 2.52 bits per heavy atom. The number of amides is 2. The Hall–Kier alpha value is -2.37. The number of hydrogen-bond acceptors (Lipinski definition) is 4. The first kappa shape index (κ1) is 15.0. The van der Waals surface area contributed by atoms with Crippen molar-refractivity contribution >= 4 is 23.2 Å². The normalized spacial score (nSPS) is 18.8. The van der Waals surface area contributed by atoms with E-state index in [0.717, 1.165) is 11.3 Å². The predicted octanol–water partition coefficient (Wildman–Crippen LogP) is 1.62. The van der Waals surface area contributed by atoms with Gasteiger partial charge in [-0.15, -0.1) is 0 Å². The van der Waals surface area contributed by atoms with Gasteiger partial charge in [0.1, 0.15) is 0 Å². The lowest BCUT2D eigenvalue weighted by Crippen LogP contribution is -2.26. The maximum Gasteiger partial charge on any atom is 0.266 e. The molecule has 0 bridgehead atoms. The van der Waals surface area contributed by atoms with Gasteiger partial charge in [-0.05, 0) is 24.6 Å². The number of likely N-dealkylation sites (N-methyl/N-ethyl adjacent to an activating group) is 1. The molecular formula is C15H19N3O3. The van der Waals surface area contributed by atoms with E-state index in [2.05, 4.69) is 10.5 Å². The van der Waals surface area contributed by atoms with E-state index in [4.69, 9.17) is 4.84 Å². The van der Waals surface area contributed by atoms with Crippen molar-refractivity contribution in [3.05, 3.63) is 29.8 Å². The van der Waals surface area contributed by atoms with E-state index in [1.807, 2.05) is 19.1 Å². The Kier molecular flexibility index (Phi) is 4.57. The van der Waals surface area contributed by atoms with Gasteiger partial charge < -0.3 is 15.1 Å². The standard InChI is InChI=1S/C15H19N3O3/c1-10(17-21-14-8-9-18(3)15(14)20)12-4-6-13(7-5-12)16-11(2)19/h4-7,14H,8-9H2,1-3H3,(H,16,19)/t14-/m0/s1. The van der Waals surface area contributed by atoms with Gasteiger partial charge in [0.25, 0.3) is 5.91 Å². The van der Waals surface area contributed by atoms with E-state index in [1.165, 1.54) is 6.92 Å². The molecule has 1 aromatic carbocycles. The van der Waals surface area contributed by atoms with Crippen LogP contribution in [-0.2, 0) is 14.4 Å². The second-order valence-corrected chi connectivity index (χ2v) is 5.08. The van der Waals surface area contributed by atoms with E-state index >= 15 is 0 Å². The maximum absolute atomic E-state index is 11.7. The van der Waals surface area contributed by atoms with Crippen molar-refractivity contribution in [2.24, 2.45) is 5.16 Å². The summed E-state index contributed by atoms with van der Waals surface area (Å²) in [7, 11) is 1.75. The van der Waals surface area contributed by atoms with Crippen LogP contribution in [0.2, 0.25) is 0 Å². The van der Waals surface area contributed by atoms with E-state index in [1.54, 1.807) is 24.1 Å². The average molecular weight is 289 g/mol. The van der Waals surface area contributed by atoms with Crippen molar-refractivity contribution in [1.29, 1.82) is 0 Å². The van der Waals surface area contributed by atoms with Crippen LogP contribution in [0.4, 0.5) is 5.69 Å². The first-order valence-electron chi connectivity index (χ1n) is 6.81. The minimum Gasteiger partial charge on any atom is -0.382 e. The summed E-state index contributed by atoms with van der Waals surface area (Å²) in [6, 6.07) is 7.28. The molecule has 0 aliphatic carbocycles. The monoisotopic (exact) mass is 289 g/mol. The molecule has 1 aliphatic rings. The Bertz CT molecular complexity index is 566. The summed E-state index contributed by atoms with van der Waals surface area (Å²) in [6.45, 7) is 3.98. The highest BCUT2D eigenvalue weighted by Crippen LogP contribution is 2.14. The summed E-state index contributed by atoms with van der Waals surface area (Å²) in [5, 5.41) is 6.73. The van der Waals surface area contributed by atoms with Crippen molar-refractivity contribution in [2.45, 2.75) is 26.4 Å². The molecule has 1 N–H and O–H groups in total. The molecule has 112 valence electrons. The van der Waals surface area contributed by atoms with Gasteiger partial charge >= 0.3 is 0 Å². The molecule has 2 amide bonds. The summed E-state index contributed by atoms with van der Waals surface area (Å²) in [5.74, 6) is -0.145. The smallest absolute Gasteiger partial charge is 0.266 e. The number of benzene rings is 1. The number of nitrogens with one attached hydrogen (secondary N) is 1. The molecule has 0 aromatic heterocycles. The number of likely N-dealkylation sites (tertiary alicyclic amines) is 1. The van der Waals surface area contributed by atoms with Gasteiger partial charge in [-0.25, -0.2) is 0 Å². The Morgan fingerprint density at radius 2 is 2.00 bits per heavy atom. The summed E-state index contributed by atoms with van der Waals surface area (Å²) < 4.78 is 0. The third-order valence-corrected chi connectivity index (χ3v) is 3.32. The van der Waals surface area contributed by atoms with Crippen molar-refractivity contribution in [1.82, 2.24) is 4.90 Å². The van der Waals surface area contributed by atoms with Crippen LogP contribution >= 0.6 is 0 Å². The molecule has 1 heterocycles. The lowest BCUT2D eigenvalue weighted by molar-refractivity contribution is -0.136. The number of anilines is 1. The van der Waals surface area contributed by atoms with E-state index in [0.29, 0.717) is 18.7 Å². The zero-order chi connectivity index (χ0) is 15.4. The van der Waals surface area contributed by atoms with Gasteiger partial charge in [0.15, 0.2) is 0 Å². The second-order valence-electron chi connectivity index (χ2n) is 5.08. The largest absolute Gasteiger partial charge is 0.382 e. The fraction of sp³-hybridized carbons (Fsp3) is 0.400. The molecule has 1 saturated heterocycles. The van der Waals surface area contributed by atoms with Crippen LogP contribution in [0.1, 0.15) is 25.8 Å². The van der Waals surface area contributed by atoms with Crippen molar-refractivity contribution in [3.63, 3.8) is 0 Å². The minimum absolute atomic E-state index is 0.0347. The molecule has 1 fully saturated rings. The van der Waals surface area contributed by atoms with Gasteiger partial charge in [0, 0.05) is 32.6 Å². The zero-order valence-corrected chi connectivity index (χ0v) is 12.4. The van der Waals surface area contributed by atoms with Crippen LogP contribution in [0.3, 0.4) is 0 Å². The SMILES string of the molecule is CC(=O)Nc1ccc(C(C)=NO[C@H]2CCN(C)C2=O)cc1. The van der Waals surface area contributed by atoms with Gasteiger partial charge in [-0.2, -0.15) is 0 Å². The fourth-order valence-corrected chi connectivity index (χ4v) is 2.08. The average Bonchev–Trinajstić information content (AvgIpc) is 2.76. The highest BCUT2D eigenvalue weighted by molar-refractivity contribution is 5.99. The molecule has 1 aromatic rings. The fourth-order valence-electron chi connectivity index (χ4n) is 2.08. The van der Waals surface area contributed by atoms with E-state index in [-0.39, 0.29) is 11.8 Å². The van der Waals surface area contributed by atoms with Crippen LogP contribution in [-0.4, -0.2) is 42.1 Å². The molecule has 0 radical (unpaired) electrons. The third-order valence-electron chi connectivity index (χ3n) is 3.32. The summed E-state index contributed by atoms with van der Waals surface area (Å²) in [4.78, 5) is 29.6. The van der Waals surface area contributed by atoms with Crippen molar-refractivity contribution in [3.8, 4) is 0 Å². The van der Waals surface area contributed by atoms with Crippen LogP contribution < -0.4 is 5.32 Å². The Labute approximate surface area is 123 Å². The summed E-state index contributed by atoms with van der Waals surface area (Å²) in [5.41, 5.74) is 2.29. The van der Waals surface area contributed by atoms with Crippen LogP contribution in [0.25, 0.3) is 0 Å². The van der Waals surface area contributed by atoms with E-state index < -0.39 is 6.10 Å². The third kappa shape index (κ3) is 3.81. The zero-order valence-electron chi connectivity index (χ0n) is 12.4. The lowest BCUT2D eigenvalue weighted by atomic mass is 10.1. The number of carbonyl (C=O) groups excluding carboxylic acids is 2. The van der Waals surface area contributed by atoms with E-state index in [9.17, 15) is 9.59 Å². The van der Waals surface area contributed by atoms with Crippen LogP contribution in [0, 0.1) is 0 Å². The highest BCUT2D eigenvalue weighted by Gasteiger charge is 2.31. The quantitative estimate of drug-likeness (QED) is 0.676. The van der Waals surface area contributed by atoms with Crippen molar-refractivity contribution < 1.29 is 14.4 Å². The molecule has 1 atom stereocenters. The second kappa shape index (κ2) is 6.39. The lowest BCUT2D eigenvalue weighted by Gasteiger charge is -2.09. The molecule has 0 unspecified atom stereocenters. The first-order chi connectivity index (χ1) is 9.97. The molecule has 6 nitrogen and oxygen atoms in total. The van der Waals surface area contributed by atoms with Gasteiger partial charge in [0.05, 0.1) is 5.71 Å². The Balaban J connectivity index is 1.99. The maximum atomic E-state index is 11.7. The van der Waals surface area contributed by atoms with Crippen LogP contribution in [0.5, 0.6) is 0 Å². The van der Waals surface area contributed by atoms with Gasteiger partial charge in [0.2, 0.25) is 12.0 Å². The number of rotatable bonds is 4. The number of carbonyl (C=O) groups is 2. The summed E-state index contributed by atoms with van der Waals surface area (Å²) in [6.07, 6.45) is 0.178. The first-order valence-corrected chi connectivity index (χ1v) is 6.81. The minimum atomic E-state index is -0.483. The Morgan fingerprint density at radius 1 is 1.33 bits per heavy atom. The van der Waals surface area contributed by atoms with Gasteiger partial charge in [-0.3, -0.25) is 9.59 Å². The molecule has 1 aliphatic heterocycles. The number of oxime groups is 1. The summed E-state index contributed by atoms with van der Waals surface area (Å²) >= 11 is 0. The molecular weight excluding hydrogens is 270 g/mol. The van der Waals surface area contributed by atoms with Gasteiger partial charge in [-0.1, -0.05) is 17.3 Å². The topological polar surface area (TPSA) is 71.0 Å². The highest BCUT2D eigenvalue weighted by atomic mass is 16.6. The molecule has 0 spiro atoms. The van der Waals surface area contributed by atoms with Crippen molar-refractivity contribution in [2.75, 3.05) is 18.9 Å². The van der Waals surface area contributed by atoms with Crippen LogP contribution in [0.15, 0.2) is 29.4 Å². The number of nitrogens with zero attached hydrogens (tertiary/aromatic N) is 2. The number of hydrogen-bond donors (Lipinski definition) is 1. The molecule has 6 heteroatoms. The molecule has 2 rings (SSSR count). The molecule has 0 saturated carbocycles. The molecule has 21 heavy (non-hydrogen) atoms. The predicted molar refractivity (Wildman–Crippen MR) is 80.1 cm³/mol.